The summed E-state index contributed by atoms with van der Waals surface area (Å²) in [4.78, 5) is 31.0. The molecule has 0 unspecified atom stereocenters. The third-order valence-electron chi connectivity index (χ3n) is 4.64. The van der Waals surface area contributed by atoms with Gasteiger partial charge in [-0.05, 0) is 28.2 Å². The second kappa shape index (κ2) is 7.51. The lowest BCUT2D eigenvalue weighted by atomic mass is 9.93. The summed E-state index contributed by atoms with van der Waals surface area (Å²) in [5.74, 6) is -0.770. The van der Waals surface area contributed by atoms with Crippen molar-refractivity contribution >= 4 is 11.9 Å². The van der Waals surface area contributed by atoms with Crippen LogP contribution in [-0.2, 0) is 29.1 Å². The normalized spacial score (nSPS) is 15.7. The Kier molecular flexibility index (Phi) is 4.76. The first-order valence-corrected chi connectivity index (χ1v) is 8.74. The zero-order valence-electron chi connectivity index (χ0n) is 14.9. The Hall–Kier alpha value is -3.68. The van der Waals surface area contributed by atoms with E-state index in [-0.39, 0.29) is 24.7 Å². The SMILES string of the molecule is O=C(OCc1nccc[n+]1[O-])[C@@H]1Cc2ccccc2CN1C(=O)c1ccco1. The number of aromatic nitrogens is 2. The molecule has 142 valence electrons. The van der Waals surface area contributed by atoms with Crippen LogP contribution in [0.5, 0.6) is 0 Å². The van der Waals surface area contributed by atoms with E-state index in [1.807, 2.05) is 24.3 Å². The summed E-state index contributed by atoms with van der Waals surface area (Å²) >= 11 is 0. The molecule has 1 aliphatic rings. The molecule has 4 rings (SSSR count). The number of hydrogen-bond acceptors (Lipinski definition) is 6. The maximum Gasteiger partial charge on any atom is 0.339 e. The molecule has 0 aliphatic carbocycles. The van der Waals surface area contributed by atoms with Crippen molar-refractivity contribution in [3.05, 3.63) is 89.0 Å². The van der Waals surface area contributed by atoms with Crippen molar-refractivity contribution in [2.24, 2.45) is 0 Å². The minimum absolute atomic E-state index is 0.0657. The number of rotatable bonds is 4. The predicted octanol–water partition coefficient (Wildman–Crippen LogP) is 1.62. The molecule has 0 saturated heterocycles. The lowest BCUT2D eigenvalue weighted by molar-refractivity contribution is -0.620. The van der Waals surface area contributed by atoms with Gasteiger partial charge in [0.15, 0.2) is 12.4 Å². The molecule has 0 fully saturated rings. The van der Waals surface area contributed by atoms with Crippen molar-refractivity contribution in [2.75, 3.05) is 0 Å². The first-order chi connectivity index (χ1) is 13.6. The van der Waals surface area contributed by atoms with E-state index in [9.17, 15) is 14.8 Å². The van der Waals surface area contributed by atoms with Crippen LogP contribution >= 0.6 is 0 Å². The van der Waals surface area contributed by atoms with Crippen LogP contribution in [0, 0.1) is 5.21 Å². The minimum Gasteiger partial charge on any atom is -0.711 e. The predicted molar refractivity (Wildman–Crippen MR) is 95.5 cm³/mol. The Morgan fingerprint density at radius 3 is 2.79 bits per heavy atom. The van der Waals surface area contributed by atoms with Gasteiger partial charge >= 0.3 is 11.8 Å². The van der Waals surface area contributed by atoms with Gasteiger partial charge in [0.25, 0.3) is 5.91 Å². The second-order valence-electron chi connectivity index (χ2n) is 6.37. The van der Waals surface area contributed by atoms with Gasteiger partial charge in [-0.25, -0.2) is 9.52 Å². The average Bonchev–Trinajstić information content (AvgIpc) is 3.26. The van der Waals surface area contributed by atoms with Gasteiger partial charge in [-0.3, -0.25) is 4.79 Å². The molecular weight excluding hydrogens is 362 g/mol. The van der Waals surface area contributed by atoms with E-state index in [1.54, 1.807) is 12.1 Å². The van der Waals surface area contributed by atoms with E-state index in [0.717, 1.165) is 11.1 Å². The molecule has 0 saturated carbocycles. The van der Waals surface area contributed by atoms with Crippen LogP contribution in [0.2, 0.25) is 0 Å². The van der Waals surface area contributed by atoms with Gasteiger partial charge in [0.1, 0.15) is 12.2 Å². The van der Waals surface area contributed by atoms with Crippen molar-refractivity contribution in [3.63, 3.8) is 0 Å². The highest BCUT2D eigenvalue weighted by Gasteiger charge is 2.37. The van der Waals surface area contributed by atoms with E-state index in [1.165, 1.54) is 29.6 Å². The van der Waals surface area contributed by atoms with Crippen LogP contribution in [0.1, 0.15) is 27.5 Å². The largest absolute Gasteiger partial charge is 0.711 e. The number of furan rings is 1. The summed E-state index contributed by atoms with van der Waals surface area (Å²) < 4.78 is 11.1. The first kappa shape index (κ1) is 17.7. The number of ether oxygens (including phenoxy) is 1. The van der Waals surface area contributed by atoms with Crippen LogP contribution < -0.4 is 4.73 Å². The Bertz CT molecular complexity index is 1000. The zero-order chi connectivity index (χ0) is 19.5. The van der Waals surface area contributed by atoms with Crippen LogP contribution in [0.15, 0.2) is 65.5 Å². The molecule has 0 N–H and O–H groups in total. The van der Waals surface area contributed by atoms with Gasteiger partial charge in [0, 0.05) is 19.0 Å². The van der Waals surface area contributed by atoms with Crippen LogP contribution in [-0.4, -0.2) is 27.8 Å². The number of amides is 1. The van der Waals surface area contributed by atoms with Crippen LogP contribution in [0.3, 0.4) is 0 Å². The maximum absolute atomic E-state index is 12.9. The average molecular weight is 379 g/mol. The fourth-order valence-electron chi connectivity index (χ4n) is 3.21. The summed E-state index contributed by atoms with van der Waals surface area (Å²) in [6.45, 7) is -0.00921. The van der Waals surface area contributed by atoms with Gasteiger partial charge in [-0.1, -0.05) is 24.3 Å². The van der Waals surface area contributed by atoms with Crippen molar-refractivity contribution in [3.8, 4) is 0 Å². The quantitative estimate of drug-likeness (QED) is 0.388. The highest BCUT2D eigenvalue weighted by Crippen LogP contribution is 2.26. The molecule has 1 atom stereocenters. The molecular formula is C20H17N3O5. The summed E-state index contributed by atoms with van der Waals surface area (Å²) in [7, 11) is 0. The number of carbonyl (C=O) groups is 2. The molecule has 1 aromatic carbocycles. The van der Waals surface area contributed by atoms with Gasteiger partial charge < -0.3 is 19.3 Å². The van der Waals surface area contributed by atoms with Gasteiger partial charge in [-0.2, -0.15) is 0 Å². The maximum atomic E-state index is 12.9. The topological polar surface area (TPSA) is 99.6 Å². The van der Waals surface area contributed by atoms with Crippen molar-refractivity contribution in [2.45, 2.75) is 25.6 Å². The van der Waals surface area contributed by atoms with Gasteiger partial charge in [0.2, 0.25) is 0 Å². The molecule has 1 amide bonds. The lowest BCUT2D eigenvalue weighted by Crippen LogP contribution is -2.49. The number of nitrogens with zero attached hydrogens (tertiary/aromatic N) is 3. The molecule has 0 radical (unpaired) electrons. The zero-order valence-corrected chi connectivity index (χ0v) is 14.9. The lowest BCUT2D eigenvalue weighted by Gasteiger charge is -2.34. The molecule has 28 heavy (non-hydrogen) atoms. The van der Waals surface area contributed by atoms with E-state index in [4.69, 9.17) is 9.15 Å². The number of hydrogen-bond donors (Lipinski definition) is 0. The Morgan fingerprint density at radius 2 is 2.04 bits per heavy atom. The van der Waals surface area contributed by atoms with Crippen LogP contribution in [0.25, 0.3) is 0 Å². The van der Waals surface area contributed by atoms with Gasteiger partial charge in [0.05, 0.1) is 12.5 Å². The number of esters is 1. The third-order valence-corrected chi connectivity index (χ3v) is 4.64. The molecule has 8 heteroatoms. The Morgan fingerprint density at radius 1 is 1.21 bits per heavy atom. The molecule has 0 spiro atoms. The fourth-order valence-corrected chi connectivity index (χ4v) is 3.21. The molecule has 1 aliphatic heterocycles. The molecule has 0 bridgehead atoms. The highest BCUT2D eigenvalue weighted by atomic mass is 16.5. The van der Waals surface area contributed by atoms with E-state index < -0.39 is 17.9 Å². The second-order valence-corrected chi connectivity index (χ2v) is 6.37. The first-order valence-electron chi connectivity index (χ1n) is 8.74. The highest BCUT2D eigenvalue weighted by molar-refractivity contribution is 5.95. The standard InChI is InChI=1S/C20H17N3O5/c24-19(17-7-3-10-27-17)22-12-15-6-2-1-5-14(15)11-16(22)20(25)28-13-18-21-8-4-9-23(18)26/h1-10,16H,11-13H2/t16-/m0/s1. The van der Waals surface area contributed by atoms with Crippen LogP contribution in [0.4, 0.5) is 0 Å². The fraction of sp³-hybridized carbons (Fsp3) is 0.200. The summed E-state index contributed by atoms with van der Waals surface area (Å²) in [6, 6.07) is 11.5. The number of fused-ring (bicyclic) bond motifs is 1. The van der Waals surface area contributed by atoms with Crippen molar-refractivity contribution in [1.82, 2.24) is 9.88 Å². The van der Waals surface area contributed by atoms with E-state index in [0.29, 0.717) is 11.2 Å². The molecule has 2 aromatic heterocycles. The molecule has 3 aromatic rings. The third kappa shape index (κ3) is 3.44. The molecule has 3 heterocycles. The van der Waals surface area contributed by atoms with Crippen molar-refractivity contribution in [1.29, 1.82) is 0 Å². The summed E-state index contributed by atoms with van der Waals surface area (Å²) in [5, 5.41) is 11.7. The van der Waals surface area contributed by atoms with E-state index >= 15 is 0 Å². The number of carbonyl (C=O) groups excluding carboxylic acids is 2. The van der Waals surface area contributed by atoms with Gasteiger partial charge in [-0.15, -0.1) is 0 Å². The van der Waals surface area contributed by atoms with E-state index in [2.05, 4.69) is 4.98 Å². The molecule has 8 nitrogen and oxygen atoms in total. The smallest absolute Gasteiger partial charge is 0.339 e. The monoisotopic (exact) mass is 379 g/mol. The Labute approximate surface area is 160 Å². The summed E-state index contributed by atoms with van der Waals surface area (Å²) in [6.07, 6.45) is 4.45. The minimum atomic E-state index is -0.823. The Balaban J connectivity index is 1.57. The number of benzene rings is 1. The summed E-state index contributed by atoms with van der Waals surface area (Å²) in [5.41, 5.74) is 1.94. The van der Waals surface area contributed by atoms with Crippen molar-refractivity contribution < 1.29 is 23.5 Å².